The van der Waals surface area contributed by atoms with Crippen LogP contribution in [0.5, 0.6) is 5.75 Å². The van der Waals surface area contributed by atoms with Crippen LogP contribution in [0.4, 0.5) is 0 Å². The summed E-state index contributed by atoms with van der Waals surface area (Å²) in [6.45, 7) is 0.645. The zero-order valence-corrected chi connectivity index (χ0v) is 8.68. The second kappa shape index (κ2) is 4.01. The summed E-state index contributed by atoms with van der Waals surface area (Å²) >= 11 is 0. The van der Waals surface area contributed by atoms with E-state index in [-0.39, 0.29) is 0 Å². The molecule has 0 saturated heterocycles. The number of methoxy groups -OCH3 is 1. The standard InChI is InChI=1S/C12H17NO/c1-14-12-7-6-9(8-13)10-4-2-3-5-11(10)12/h6-7H,2-5,8,13H2,1H3. The number of nitrogens with two attached hydrogens (primary N) is 1. The van der Waals surface area contributed by atoms with Crippen LogP contribution in [0.25, 0.3) is 0 Å². The average molecular weight is 191 g/mol. The maximum Gasteiger partial charge on any atom is 0.122 e. The topological polar surface area (TPSA) is 35.2 Å². The van der Waals surface area contributed by atoms with E-state index in [0.29, 0.717) is 6.54 Å². The van der Waals surface area contributed by atoms with Gasteiger partial charge in [0, 0.05) is 6.54 Å². The third kappa shape index (κ3) is 1.50. The van der Waals surface area contributed by atoms with Gasteiger partial charge in [-0.1, -0.05) is 6.07 Å². The average Bonchev–Trinajstić information content (AvgIpc) is 2.27. The fourth-order valence-electron chi connectivity index (χ4n) is 2.29. The predicted molar refractivity (Wildman–Crippen MR) is 57.5 cm³/mol. The van der Waals surface area contributed by atoms with Crippen molar-refractivity contribution < 1.29 is 4.74 Å². The smallest absolute Gasteiger partial charge is 0.122 e. The number of benzene rings is 1. The monoisotopic (exact) mass is 191 g/mol. The molecule has 1 aliphatic rings. The molecule has 1 aliphatic carbocycles. The molecule has 2 heteroatoms. The summed E-state index contributed by atoms with van der Waals surface area (Å²) in [5, 5.41) is 0. The molecule has 0 amide bonds. The quantitative estimate of drug-likeness (QED) is 0.776. The van der Waals surface area contributed by atoms with Crippen LogP contribution in [-0.4, -0.2) is 7.11 Å². The molecule has 0 unspecified atom stereocenters. The van der Waals surface area contributed by atoms with E-state index in [2.05, 4.69) is 6.07 Å². The Balaban J connectivity index is 2.50. The Bertz CT molecular complexity index is 300. The first-order valence-corrected chi connectivity index (χ1v) is 5.24. The highest BCUT2D eigenvalue weighted by molar-refractivity contribution is 5.46. The molecule has 2 rings (SSSR count). The number of fused-ring (bicyclic) bond motifs is 1. The van der Waals surface area contributed by atoms with Crippen molar-refractivity contribution in [2.45, 2.75) is 32.2 Å². The van der Waals surface area contributed by atoms with E-state index in [0.717, 1.165) is 12.2 Å². The maximum atomic E-state index is 5.72. The Morgan fingerprint density at radius 1 is 1.21 bits per heavy atom. The molecule has 0 radical (unpaired) electrons. The van der Waals surface area contributed by atoms with Gasteiger partial charge in [0.05, 0.1) is 7.11 Å². The van der Waals surface area contributed by atoms with E-state index in [4.69, 9.17) is 10.5 Å². The molecule has 0 fully saturated rings. The van der Waals surface area contributed by atoms with Crippen molar-refractivity contribution in [2.75, 3.05) is 7.11 Å². The van der Waals surface area contributed by atoms with Gasteiger partial charge in [0.1, 0.15) is 5.75 Å². The fourth-order valence-corrected chi connectivity index (χ4v) is 2.29. The van der Waals surface area contributed by atoms with Gasteiger partial charge in [-0.15, -0.1) is 0 Å². The Kier molecular flexibility index (Phi) is 2.73. The highest BCUT2D eigenvalue weighted by atomic mass is 16.5. The molecule has 0 spiro atoms. The summed E-state index contributed by atoms with van der Waals surface area (Å²) in [6, 6.07) is 4.15. The van der Waals surface area contributed by atoms with Crippen molar-refractivity contribution in [1.82, 2.24) is 0 Å². The lowest BCUT2D eigenvalue weighted by atomic mass is 9.87. The van der Waals surface area contributed by atoms with Crippen molar-refractivity contribution >= 4 is 0 Å². The summed E-state index contributed by atoms with van der Waals surface area (Å²) in [5.41, 5.74) is 9.85. The summed E-state index contributed by atoms with van der Waals surface area (Å²) in [7, 11) is 1.74. The van der Waals surface area contributed by atoms with Crippen molar-refractivity contribution in [3.05, 3.63) is 28.8 Å². The minimum atomic E-state index is 0.645. The van der Waals surface area contributed by atoms with Gasteiger partial charge < -0.3 is 10.5 Å². The van der Waals surface area contributed by atoms with Crippen molar-refractivity contribution in [2.24, 2.45) is 5.73 Å². The third-order valence-corrected chi connectivity index (χ3v) is 3.03. The second-order valence-electron chi connectivity index (χ2n) is 3.80. The van der Waals surface area contributed by atoms with Crippen LogP contribution in [0.3, 0.4) is 0 Å². The van der Waals surface area contributed by atoms with Crippen LogP contribution < -0.4 is 10.5 Å². The first-order chi connectivity index (χ1) is 6.86. The van der Waals surface area contributed by atoms with Gasteiger partial charge in [0.25, 0.3) is 0 Å². The zero-order valence-electron chi connectivity index (χ0n) is 8.68. The Hall–Kier alpha value is -1.02. The van der Waals surface area contributed by atoms with Gasteiger partial charge in [-0.05, 0) is 48.4 Å². The van der Waals surface area contributed by atoms with E-state index in [9.17, 15) is 0 Å². The Morgan fingerprint density at radius 3 is 2.57 bits per heavy atom. The largest absolute Gasteiger partial charge is 0.496 e. The molecule has 0 saturated carbocycles. The van der Waals surface area contributed by atoms with Crippen LogP contribution in [0.1, 0.15) is 29.5 Å². The molecule has 0 bridgehead atoms. The second-order valence-corrected chi connectivity index (χ2v) is 3.80. The van der Waals surface area contributed by atoms with E-state index >= 15 is 0 Å². The molecule has 0 aromatic heterocycles. The van der Waals surface area contributed by atoms with Crippen LogP contribution in [0, 0.1) is 0 Å². The third-order valence-electron chi connectivity index (χ3n) is 3.03. The molecule has 14 heavy (non-hydrogen) atoms. The van der Waals surface area contributed by atoms with Gasteiger partial charge in [0.15, 0.2) is 0 Å². The molecular formula is C12H17NO. The molecule has 1 aromatic rings. The van der Waals surface area contributed by atoms with E-state index in [1.165, 1.54) is 36.0 Å². The zero-order chi connectivity index (χ0) is 9.97. The lowest BCUT2D eigenvalue weighted by Crippen LogP contribution is -2.10. The summed E-state index contributed by atoms with van der Waals surface area (Å²) < 4.78 is 5.37. The van der Waals surface area contributed by atoms with Crippen LogP contribution in [-0.2, 0) is 19.4 Å². The lowest BCUT2D eigenvalue weighted by molar-refractivity contribution is 0.406. The van der Waals surface area contributed by atoms with Gasteiger partial charge in [-0.25, -0.2) is 0 Å². The molecule has 76 valence electrons. The lowest BCUT2D eigenvalue weighted by Gasteiger charge is -2.21. The first-order valence-electron chi connectivity index (χ1n) is 5.24. The van der Waals surface area contributed by atoms with Crippen molar-refractivity contribution in [3.63, 3.8) is 0 Å². The molecule has 2 N–H and O–H groups in total. The minimum Gasteiger partial charge on any atom is -0.496 e. The van der Waals surface area contributed by atoms with Gasteiger partial charge in [-0.3, -0.25) is 0 Å². The maximum absolute atomic E-state index is 5.72. The van der Waals surface area contributed by atoms with Crippen molar-refractivity contribution in [1.29, 1.82) is 0 Å². The number of ether oxygens (including phenoxy) is 1. The van der Waals surface area contributed by atoms with E-state index < -0.39 is 0 Å². The van der Waals surface area contributed by atoms with E-state index in [1.54, 1.807) is 7.11 Å². The fraction of sp³-hybridized carbons (Fsp3) is 0.500. The molecule has 0 aliphatic heterocycles. The molecule has 2 nitrogen and oxygen atoms in total. The van der Waals surface area contributed by atoms with Crippen LogP contribution in [0.15, 0.2) is 12.1 Å². The highest BCUT2D eigenvalue weighted by Gasteiger charge is 2.16. The molecule has 0 atom stereocenters. The van der Waals surface area contributed by atoms with Gasteiger partial charge in [-0.2, -0.15) is 0 Å². The normalized spacial score (nSPS) is 15.0. The predicted octanol–water partition coefficient (Wildman–Crippen LogP) is 2.03. The van der Waals surface area contributed by atoms with Crippen LogP contribution in [0.2, 0.25) is 0 Å². The minimum absolute atomic E-state index is 0.645. The number of rotatable bonds is 2. The van der Waals surface area contributed by atoms with Crippen LogP contribution >= 0.6 is 0 Å². The van der Waals surface area contributed by atoms with Gasteiger partial charge in [0.2, 0.25) is 0 Å². The Labute approximate surface area is 85.1 Å². The number of hydrogen-bond acceptors (Lipinski definition) is 2. The SMILES string of the molecule is COc1ccc(CN)c2c1CCCC2. The molecular weight excluding hydrogens is 174 g/mol. The number of hydrogen-bond donors (Lipinski definition) is 1. The first kappa shape index (κ1) is 9.53. The van der Waals surface area contributed by atoms with Crippen molar-refractivity contribution in [3.8, 4) is 5.75 Å². The summed E-state index contributed by atoms with van der Waals surface area (Å²) in [4.78, 5) is 0. The van der Waals surface area contributed by atoms with Gasteiger partial charge >= 0.3 is 0 Å². The van der Waals surface area contributed by atoms with E-state index in [1.807, 2.05) is 6.07 Å². The molecule has 0 heterocycles. The summed E-state index contributed by atoms with van der Waals surface area (Å²) in [6.07, 6.45) is 4.87. The summed E-state index contributed by atoms with van der Waals surface area (Å²) in [5.74, 6) is 1.04. The highest BCUT2D eigenvalue weighted by Crippen LogP contribution is 2.31. The molecule has 1 aromatic carbocycles. The Morgan fingerprint density at radius 2 is 1.93 bits per heavy atom.